The van der Waals surface area contributed by atoms with E-state index in [2.05, 4.69) is 39.1 Å². The van der Waals surface area contributed by atoms with Crippen molar-refractivity contribution in [2.75, 3.05) is 18.0 Å². The number of aromatic nitrogens is 4. The fraction of sp³-hybridized carbons (Fsp3) is 0.222. The fourth-order valence-electron chi connectivity index (χ4n) is 4.50. The average Bonchev–Trinajstić information content (AvgIpc) is 3.31. The molecule has 1 fully saturated rings. The second kappa shape index (κ2) is 8.76. The molecule has 0 unspecified atom stereocenters. The molecule has 1 aliphatic heterocycles. The monoisotopic (exact) mass is 450 g/mol. The van der Waals surface area contributed by atoms with Gasteiger partial charge in [-0.1, -0.05) is 6.07 Å². The van der Waals surface area contributed by atoms with Crippen molar-refractivity contribution in [3.05, 3.63) is 84.9 Å². The Balaban J connectivity index is 1.24. The summed E-state index contributed by atoms with van der Waals surface area (Å²) in [6.45, 7) is 2.44. The van der Waals surface area contributed by atoms with Gasteiger partial charge in [-0.05, 0) is 67.4 Å². The third-order valence-corrected chi connectivity index (χ3v) is 6.44. The van der Waals surface area contributed by atoms with Crippen molar-refractivity contribution in [3.8, 4) is 11.6 Å². The van der Waals surface area contributed by atoms with E-state index in [1.807, 2.05) is 53.4 Å². The Hall–Kier alpha value is -3.97. The van der Waals surface area contributed by atoms with E-state index < -0.39 is 0 Å². The minimum Gasteiger partial charge on any atom is -0.487 e. The number of fused-ring (bicyclic) bond motifs is 2. The molecule has 0 spiro atoms. The zero-order valence-electron chi connectivity index (χ0n) is 18.8. The maximum absolute atomic E-state index is 6.06. The van der Waals surface area contributed by atoms with Gasteiger partial charge in [-0.25, -0.2) is 9.97 Å². The molecule has 0 atom stereocenters. The lowest BCUT2D eigenvalue weighted by molar-refractivity contribution is 0.301. The van der Waals surface area contributed by atoms with Gasteiger partial charge in [0.2, 0.25) is 0 Å². The van der Waals surface area contributed by atoms with Gasteiger partial charge in [0.25, 0.3) is 0 Å². The van der Waals surface area contributed by atoms with Crippen molar-refractivity contribution in [2.45, 2.75) is 25.5 Å². The Kier molecular flexibility index (Phi) is 5.31. The number of rotatable bonds is 5. The number of piperidine rings is 1. The van der Waals surface area contributed by atoms with Gasteiger partial charge in [-0.15, -0.1) is 0 Å². The molecule has 3 aromatic heterocycles. The molecule has 4 heterocycles. The highest BCUT2D eigenvalue weighted by atomic mass is 16.5. The molecule has 7 heteroatoms. The summed E-state index contributed by atoms with van der Waals surface area (Å²) in [4.78, 5) is 16.2. The van der Waals surface area contributed by atoms with Gasteiger partial charge in [0.1, 0.15) is 24.5 Å². The second-order valence-electron chi connectivity index (χ2n) is 8.75. The van der Waals surface area contributed by atoms with E-state index in [1.165, 1.54) is 5.69 Å². The molecular formula is C27H26N6O. The summed E-state index contributed by atoms with van der Waals surface area (Å²) in [6.07, 6.45) is 5.66. The molecule has 0 bridgehead atoms. The highest BCUT2D eigenvalue weighted by Crippen LogP contribution is 2.27. The van der Waals surface area contributed by atoms with Crippen LogP contribution in [0.15, 0.2) is 79.3 Å². The van der Waals surface area contributed by atoms with Gasteiger partial charge < -0.3 is 15.4 Å². The van der Waals surface area contributed by atoms with Crippen LogP contribution in [0.4, 0.5) is 5.69 Å². The molecular weight excluding hydrogens is 424 g/mol. The number of imidazole rings is 1. The number of anilines is 1. The first-order chi connectivity index (χ1) is 16.7. The van der Waals surface area contributed by atoms with Gasteiger partial charge in [-0.3, -0.25) is 9.55 Å². The van der Waals surface area contributed by atoms with Gasteiger partial charge in [-0.2, -0.15) is 0 Å². The molecule has 170 valence electrons. The van der Waals surface area contributed by atoms with E-state index in [-0.39, 0.29) is 0 Å². The molecule has 2 aromatic carbocycles. The number of pyridine rings is 2. The van der Waals surface area contributed by atoms with Crippen molar-refractivity contribution in [1.82, 2.24) is 19.5 Å². The van der Waals surface area contributed by atoms with Crippen molar-refractivity contribution >= 4 is 27.6 Å². The number of ether oxygens (including phenoxy) is 1. The van der Waals surface area contributed by atoms with Crippen molar-refractivity contribution in [3.63, 3.8) is 0 Å². The van der Waals surface area contributed by atoms with E-state index in [9.17, 15) is 0 Å². The quantitative estimate of drug-likeness (QED) is 0.425. The summed E-state index contributed by atoms with van der Waals surface area (Å²) in [6, 6.07) is 22.7. The van der Waals surface area contributed by atoms with Gasteiger partial charge in [0.05, 0.1) is 22.2 Å². The van der Waals surface area contributed by atoms with Crippen LogP contribution in [0, 0.1) is 0 Å². The minimum atomic E-state index is 0.328. The summed E-state index contributed by atoms with van der Waals surface area (Å²) in [5, 5.41) is 1.13. The van der Waals surface area contributed by atoms with Crippen LogP contribution in [-0.2, 0) is 6.61 Å². The summed E-state index contributed by atoms with van der Waals surface area (Å²) in [7, 11) is 0. The molecule has 6 rings (SSSR count). The van der Waals surface area contributed by atoms with E-state index in [0.717, 1.165) is 65.1 Å². The zero-order chi connectivity index (χ0) is 22.9. The predicted octanol–water partition coefficient (Wildman–Crippen LogP) is 4.48. The topological polar surface area (TPSA) is 82.1 Å². The smallest absolute Gasteiger partial charge is 0.139 e. The summed E-state index contributed by atoms with van der Waals surface area (Å²) in [5.41, 5.74) is 11.0. The lowest BCUT2D eigenvalue weighted by Crippen LogP contribution is -2.39. The Labute approximate surface area is 197 Å². The van der Waals surface area contributed by atoms with Crippen LogP contribution in [0.25, 0.3) is 27.8 Å². The van der Waals surface area contributed by atoms with E-state index in [1.54, 1.807) is 6.20 Å². The maximum atomic E-state index is 6.06. The van der Waals surface area contributed by atoms with Crippen LogP contribution in [0.2, 0.25) is 0 Å². The van der Waals surface area contributed by atoms with Gasteiger partial charge in [0, 0.05) is 42.5 Å². The molecule has 0 amide bonds. The molecule has 5 aromatic rings. The molecule has 7 nitrogen and oxygen atoms in total. The van der Waals surface area contributed by atoms with Gasteiger partial charge >= 0.3 is 0 Å². The molecule has 2 N–H and O–H groups in total. The molecule has 1 saturated heterocycles. The molecule has 0 radical (unpaired) electrons. The number of hydrogen-bond donors (Lipinski definition) is 1. The molecule has 0 aliphatic carbocycles. The first kappa shape index (κ1) is 20.6. The highest BCUT2D eigenvalue weighted by Gasteiger charge is 2.17. The largest absolute Gasteiger partial charge is 0.487 e. The third kappa shape index (κ3) is 4.06. The number of hydrogen-bond acceptors (Lipinski definition) is 6. The normalized spacial score (nSPS) is 14.7. The molecule has 0 saturated carbocycles. The maximum Gasteiger partial charge on any atom is 0.139 e. The van der Waals surface area contributed by atoms with Crippen LogP contribution < -0.4 is 15.4 Å². The van der Waals surface area contributed by atoms with Crippen LogP contribution in [0.5, 0.6) is 5.75 Å². The Morgan fingerprint density at radius 2 is 1.82 bits per heavy atom. The minimum absolute atomic E-state index is 0.328. The standard InChI is InChI=1S/C27H26N6O/c28-20-10-13-32(14-11-20)22-5-7-24-19(15-22)4-9-27(31-24)33-18-30-25-16-23(6-8-26(25)33)34-17-21-3-1-2-12-29-21/h1-9,12,15-16,18,20H,10-11,13-14,17,28H2. The third-order valence-electron chi connectivity index (χ3n) is 6.44. The average molecular weight is 451 g/mol. The molecule has 34 heavy (non-hydrogen) atoms. The lowest BCUT2D eigenvalue weighted by Gasteiger charge is -2.32. The van der Waals surface area contributed by atoms with E-state index in [4.69, 9.17) is 15.5 Å². The SMILES string of the molecule is NC1CCN(c2ccc3nc(-n4cnc5cc(OCc6ccccn6)ccc54)ccc3c2)CC1. The Morgan fingerprint density at radius 3 is 2.68 bits per heavy atom. The van der Waals surface area contributed by atoms with Crippen molar-refractivity contribution in [1.29, 1.82) is 0 Å². The van der Waals surface area contributed by atoms with Crippen LogP contribution in [0.3, 0.4) is 0 Å². The summed E-state index contributed by atoms with van der Waals surface area (Å²) < 4.78 is 7.91. The first-order valence-corrected chi connectivity index (χ1v) is 11.6. The zero-order valence-corrected chi connectivity index (χ0v) is 18.8. The fourth-order valence-corrected chi connectivity index (χ4v) is 4.50. The second-order valence-corrected chi connectivity index (χ2v) is 8.75. The van der Waals surface area contributed by atoms with E-state index in [0.29, 0.717) is 12.6 Å². The summed E-state index contributed by atoms with van der Waals surface area (Å²) in [5.74, 6) is 1.61. The van der Waals surface area contributed by atoms with Crippen molar-refractivity contribution < 1.29 is 4.74 Å². The number of nitrogens with zero attached hydrogens (tertiary/aromatic N) is 5. The van der Waals surface area contributed by atoms with Crippen LogP contribution in [-0.4, -0.2) is 38.7 Å². The Morgan fingerprint density at radius 1 is 0.912 bits per heavy atom. The predicted molar refractivity (Wildman–Crippen MR) is 134 cm³/mol. The Bertz CT molecular complexity index is 1440. The molecule has 1 aliphatic rings. The van der Waals surface area contributed by atoms with Gasteiger partial charge in [0.15, 0.2) is 0 Å². The first-order valence-electron chi connectivity index (χ1n) is 11.6. The van der Waals surface area contributed by atoms with E-state index >= 15 is 0 Å². The number of nitrogens with two attached hydrogens (primary N) is 1. The number of benzene rings is 2. The van der Waals surface area contributed by atoms with Crippen LogP contribution >= 0.6 is 0 Å². The summed E-state index contributed by atoms with van der Waals surface area (Å²) >= 11 is 0. The van der Waals surface area contributed by atoms with Crippen molar-refractivity contribution in [2.24, 2.45) is 5.73 Å². The highest BCUT2D eigenvalue weighted by molar-refractivity contribution is 5.84. The lowest BCUT2D eigenvalue weighted by atomic mass is 10.0. The van der Waals surface area contributed by atoms with Crippen LogP contribution in [0.1, 0.15) is 18.5 Å².